The molecule has 1 amide bonds. The van der Waals surface area contributed by atoms with Gasteiger partial charge in [-0.1, -0.05) is 0 Å². The third kappa shape index (κ3) is 2.75. The summed E-state index contributed by atoms with van der Waals surface area (Å²) in [5.41, 5.74) is -3.11. The summed E-state index contributed by atoms with van der Waals surface area (Å²) in [5, 5.41) is 0. The van der Waals surface area contributed by atoms with Crippen molar-refractivity contribution in [2.75, 3.05) is 13.2 Å². The molecule has 0 bridgehead atoms. The zero-order valence-electron chi connectivity index (χ0n) is 12.6. The molecule has 1 aromatic heterocycles. The van der Waals surface area contributed by atoms with E-state index in [9.17, 15) is 22.8 Å². The van der Waals surface area contributed by atoms with Crippen LogP contribution in [-0.2, 0) is 10.9 Å². The third-order valence-corrected chi connectivity index (χ3v) is 4.62. The van der Waals surface area contributed by atoms with Gasteiger partial charge in [0.1, 0.15) is 11.3 Å². The molecule has 5 nitrogen and oxygen atoms in total. The van der Waals surface area contributed by atoms with Gasteiger partial charge in [-0.15, -0.1) is 0 Å². The molecule has 2 fully saturated rings. The molecule has 8 heteroatoms. The second-order valence-electron chi connectivity index (χ2n) is 6.23. The second kappa shape index (κ2) is 5.36. The minimum absolute atomic E-state index is 0.122. The summed E-state index contributed by atoms with van der Waals surface area (Å²) in [6.45, 7) is 2.62. The average Bonchev–Trinajstić information content (AvgIpc) is 2.43. The number of aromatic amines is 1. The van der Waals surface area contributed by atoms with Crippen LogP contribution in [0.5, 0.6) is 0 Å². The molecule has 23 heavy (non-hydrogen) atoms. The monoisotopic (exact) mass is 330 g/mol. The zero-order chi connectivity index (χ0) is 16.8. The minimum atomic E-state index is -4.74. The first kappa shape index (κ1) is 16.0. The number of ether oxygens (including phenoxy) is 1. The van der Waals surface area contributed by atoms with Crippen LogP contribution >= 0.6 is 0 Å². The van der Waals surface area contributed by atoms with Gasteiger partial charge in [0.25, 0.3) is 11.5 Å². The van der Waals surface area contributed by atoms with Gasteiger partial charge in [-0.3, -0.25) is 9.59 Å². The Bertz CT molecular complexity index is 679. The van der Waals surface area contributed by atoms with Crippen LogP contribution < -0.4 is 5.56 Å². The van der Waals surface area contributed by atoms with E-state index in [1.165, 1.54) is 0 Å². The highest BCUT2D eigenvalue weighted by molar-refractivity contribution is 5.93. The Balaban J connectivity index is 1.90. The smallest absolute Gasteiger partial charge is 0.374 e. The number of aromatic nitrogens is 1. The van der Waals surface area contributed by atoms with Crippen LogP contribution in [0, 0.1) is 0 Å². The summed E-state index contributed by atoms with van der Waals surface area (Å²) in [7, 11) is 0. The van der Waals surface area contributed by atoms with Gasteiger partial charge in [-0.05, 0) is 38.3 Å². The molecule has 1 aliphatic carbocycles. The van der Waals surface area contributed by atoms with Crippen molar-refractivity contribution < 1.29 is 22.7 Å². The topological polar surface area (TPSA) is 62.4 Å². The van der Waals surface area contributed by atoms with Crippen molar-refractivity contribution in [2.24, 2.45) is 0 Å². The highest BCUT2D eigenvalue weighted by atomic mass is 19.4. The number of carbonyl (C=O) groups excluding carboxylic acids is 1. The fraction of sp³-hybridized carbons (Fsp3) is 0.600. The first-order valence-corrected chi connectivity index (χ1v) is 7.47. The van der Waals surface area contributed by atoms with E-state index in [1.807, 2.05) is 6.92 Å². The Hall–Kier alpha value is -1.83. The first-order chi connectivity index (χ1) is 10.7. The minimum Gasteiger partial charge on any atom is -0.374 e. The largest absolute Gasteiger partial charge is 0.421 e. The predicted molar refractivity (Wildman–Crippen MR) is 75.1 cm³/mol. The standard InChI is InChI=1S/C15H17F3N2O3/c1-9-7-20(14(8-23-9)5-2-6-14)13(22)11-4-3-10(12(21)19-11)15(16,17)18/h3-4,9H,2,5-8H2,1H3,(H,19,21). The number of hydrogen-bond acceptors (Lipinski definition) is 3. The van der Waals surface area contributed by atoms with E-state index in [-0.39, 0.29) is 17.3 Å². The summed E-state index contributed by atoms with van der Waals surface area (Å²) < 4.78 is 43.6. The van der Waals surface area contributed by atoms with Crippen molar-refractivity contribution >= 4 is 5.91 Å². The van der Waals surface area contributed by atoms with Gasteiger partial charge in [0.2, 0.25) is 0 Å². The zero-order valence-corrected chi connectivity index (χ0v) is 12.6. The summed E-state index contributed by atoms with van der Waals surface area (Å²) in [6, 6.07) is 1.68. The second-order valence-corrected chi connectivity index (χ2v) is 6.23. The van der Waals surface area contributed by atoms with E-state index in [1.54, 1.807) is 4.90 Å². The number of alkyl halides is 3. The Morgan fingerprint density at radius 1 is 1.39 bits per heavy atom. The van der Waals surface area contributed by atoms with Crippen LogP contribution in [0.25, 0.3) is 0 Å². The van der Waals surface area contributed by atoms with Crippen molar-refractivity contribution in [3.8, 4) is 0 Å². The van der Waals surface area contributed by atoms with Gasteiger partial charge < -0.3 is 14.6 Å². The Morgan fingerprint density at radius 3 is 2.61 bits per heavy atom. The molecule has 1 atom stereocenters. The first-order valence-electron chi connectivity index (χ1n) is 7.47. The molecule has 1 saturated heterocycles. The van der Waals surface area contributed by atoms with Gasteiger partial charge in [-0.2, -0.15) is 13.2 Å². The number of nitrogens with zero attached hydrogens (tertiary/aromatic N) is 1. The lowest BCUT2D eigenvalue weighted by atomic mass is 9.74. The number of hydrogen-bond donors (Lipinski definition) is 1. The van der Waals surface area contributed by atoms with Crippen molar-refractivity contribution in [3.63, 3.8) is 0 Å². The number of nitrogens with one attached hydrogen (secondary N) is 1. The number of pyridine rings is 1. The Kier molecular flexibility index (Phi) is 3.74. The summed E-state index contributed by atoms with van der Waals surface area (Å²) in [6.07, 6.45) is -2.30. The molecule has 0 radical (unpaired) electrons. The lowest BCUT2D eigenvalue weighted by Gasteiger charge is -2.54. The molecule has 1 aromatic rings. The molecular formula is C15H17F3N2O3. The maximum Gasteiger partial charge on any atom is 0.421 e. The van der Waals surface area contributed by atoms with Crippen molar-refractivity contribution in [1.29, 1.82) is 0 Å². The molecule has 126 valence electrons. The Morgan fingerprint density at radius 2 is 2.09 bits per heavy atom. The molecule has 0 aromatic carbocycles. The SMILES string of the molecule is CC1CN(C(=O)c2ccc(C(F)(F)F)c(=O)[nH]2)C2(CCC2)CO1. The predicted octanol–water partition coefficient (Wildman–Crippen LogP) is 2.18. The van der Waals surface area contributed by atoms with Crippen LogP contribution in [0.15, 0.2) is 16.9 Å². The lowest BCUT2D eigenvalue weighted by molar-refractivity contribution is -0.138. The number of H-pyrrole nitrogens is 1. The van der Waals surface area contributed by atoms with E-state index in [2.05, 4.69) is 4.98 Å². The normalized spacial score (nSPS) is 23.7. The molecule has 2 aliphatic rings. The molecule has 3 rings (SSSR count). The van der Waals surface area contributed by atoms with Crippen LogP contribution in [0.4, 0.5) is 13.2 Å². The fourth-order valence-corrected chi connectivity index (χ4v) is 3.14. The number of morpholine rings is 1. The highest BCUT2D eigenvalue weighted by Gasteiger charge is 2.48. The van der Waals surface area contributed by atoms with Crippen molar-refractivity contribution in [3.05, 3.63) is 33.7 Å². The Labute approximate surface area is 130 Å². The van der Waals surface area contributed by atoms with E-state index < -0.39 is 23.2 Å². The van der Waals surface area contributed by atoms with E-state index in [0.717, 1.165) is 25.3 Å². The molecule has 1 N–H and O–H groups in total. The third-order valence-electron chi connectivity index (χ3n) is 4.62. The van der Waals surface area contributed by atoms with Crippen LogP contribution in [-0.4, -0.2) is 40.6 Å². The van der Waals surface area contributed by atoms with Gasteiger partial charge in [-0.25, -0.2) is 0 Å². The fourth-order valence-electron chi connectivity index (χ4n) is 3.14. The van der Waals surface area contributed by atoms with E-state index >= 15 is 0 Å². The molecule has 1 unspecified atom stereocenters. The van der Waals surface area contributed by atoms with Crippen LogP contribution in [0.1, 0.15) is 42.2 Å². The molecule has 1 aliphatic heterocycles. The number of rotatable bonds is 1. The van der Waals surface area contributed by atoms with Crippen molar-refractivity contribution in [1.82, 2.24) is 9.88 Å². The number of carbonyl (C=O) groups is 1. The quantitative estimate of drug-likeness (QED) is 0.858. The number of amides is 1. The molecule has 2 heterocycles. The summed E-state index contributed by atoms with van der Waals surface area (Å²) >= 11 is 0. The molecular weight excluding hydrogens is 313 g/mol. The van der Waals surface area contributed by atoms with Crippen LogP contribution in [0.2, 0.25) is 0 Å². The van der Waals surface area contributed by atoms with Crippen molar-refractivity contribution in [2.45, 2.75) is 44.0 Å². The summed E-state index contributed by atoms with van der Waals surface area (Å²) in [5.74, 6) is -0.453. The average molecular weight is 330 g/mol. The van der Waals surface area contributed by atoms with Gasteiger partial charge in [0.15, 0.2) is 0 Å². The lowest BCUT2D eigenvalue weighted by Crippen LogP contribution is -2.64. The van der Waals surface area contributed by atoms with Gasteiger partial charge in [0, 0.05) is 6.54 Å². The summed E-state index contributed by atoms with van der Waals surface area (Å²) in [4.78, 5) is 28.0. The number of halogens is 3. The van der Waals surface area contributed by atoms with Gasteiger partial charge in [0.05, 0.1) is 18.2 Å². The van der Waals surface area contributed by atoms with E-state index in [4.69, 9.17) is 4.74 Å². The molecule has 1 saturated carbocycles. The molecule has 1 spiro atoms. The van der Waals surface area contributed by atoms with Gasteiger partial charge >= 0.3 is 6.18 Å². The maximum absolute atomic E-state index is 12.7. The highest BCUT2D eigenvalue weighted by Crippen LogP contribution is 2.41. The van der Waals surface area contributed by atoms with E-state index in [0.29, 0.717) is 19.2 Å². The van der Waals surface area contributed by atoms with Crippen LogP contribution in [0.3, 0.4) is 0 Å². The maximum atomic E-state index is 12.7.